The summed E-state index contributed by atoms with van der Waals surface area (Å²) >= 11 is 0. The summed E-state index contributed by atoms with van der Waals surface area (Å²) < 4.78 is 15.1. The second-order valence-corrected chi connectivity index (χ2v) is 6.43. The largest absolute Gasteiger partial charge is 0.313 e. The molecule has 3 rings (SSSR count). The van der Waals surface area contributed by atoms with E-state index in [1.165, 1.54) is 12.2 Å². The highest BCUT2D eigenvalue weighted by Crippen LogP contribution is 2.26. The monoisotopic (exact) mass is 366 g/mol. The molecule has 5 nitrogen and oxygen atoms in total. The van der Waals surface area contributed by atoms with Crippen LogP contribution < -0.4 is 5.32 Å². The molecule has 0 fully saturated rings. The Balaban J connectivity index is 1.98. The van der Waals surface area contributed by atoms with Crippen molar-refractivity contribution in [3.63, 3.8) is 0 Å². The summed E-state index contributed by atoms with van der Waals surface area (Å²) in [5, 5.41) is 11.8. The van der Waals surface area contributed by atoms with Crippen molar-refractivity contribution in [3.05, 3.63) is 65.2 Å². The number of carbonyl (C=O) groups is 1. The molecule has 27 heavy (non-hydrogen) atoms. The lowest BCUT2D eigenvalue weighted by Crippen LogP contribution is -2.14. The molecule has 0 saturated carbocycles. The molecule has 0 bridgehead atoms. The topological polar surface area (TPSA) is 59.8 Å². The van der Waals surface area contributed by atoms with Crippen LogP contribution in [0.15, 0.2) is 48.3 Å². The van der Waals surface area contributed by atoms with Gasteiger partial charge < -0.3 is 5.32 Å². The minimum absolute atomic E-state index is 0.0399. The lowest BCUT2D eigenvalue weighted by atomic mass is 9.99. The summed E-state index contributed by atoms with van der Waals surface area (Å²) in [6, 6.07) is 5.72. The van der Waals surface area contributed by atoms with Gasteiger partial charge in [0.2, 0.25) is 0 Å². The maximum atomic E-state index is 13.4. The van der Waals surface area contributed by atoms with E-state index in [0.29, 0.717) is 18.5 Å². The maximum absolute atomic E-state index is 13.4. The predicted molar refractivity (Wildman–Crippen MR) is 105 cm³/mol. The third kappa shape index (κ3) is 4.11. The van der Waals surface area contributed by atoms with Gasteiger partial charge in [-0.1, -0.05) is 30.3 Å². The first kappa shape index (κ1) is 18.9. The first-order valence-electron chi connectivity index (χ1n) is 9.02. The van der Waals surface area contributed by atoms with E-state index in [-0.39, 0.29) is 11.6 Å². The number of nitrogens with one attached hydrogen (secondary N) is 1. The van der Waals surface area contributed by atoms with Crippen LogP contribution in [0.1, 0.15) is 41.9 Å². The molecule has 1 heterocycles. The molecular weight excluding hydrogens is 343 g/mol. The predicted octanol–water partition coefficient (Wildman–Crippen LogP) is 4.22. The third-order valence-corrected chi connectivity index (χ3v) is 4.52. The molecule has 0 radical (unpaired) electrons. The van der Waals surface area contributed by atoms with Gasteiger partial charge in [-0.25, -0.2) is 9.07 Å². The third-order valence-electron chi connectivity index (χ3n) is 4.52. The second kappa shape index (κ2) is 8.22. The SMILES string of the molecule is CCNCc1cc(-c2nnn(C3=CCC=C(F)C=C3)c2C)ccc1C(C)=O. The van der Waals surface area contributed by atoms with Gasteiger partial charge in [0.25, 0.3) is 0 Å². The molecule has 1 aliphatic carbocycles. The molecule has 0 amide bonds. The first-order chi connectivity index (χ1) is 13.0. The van der Waals surface area contributed by atoms with Crippen molar-refractivity contribution in [3.8, 4) is 11.3 Å². The minimum atomic E-state index is -0.257. The lowest BCUT2D eigenvalue weighted by molar-refractivity contribution is 0.101. The standard InChI is InChI=1S/C21H23FN4O/c1-4-23-13-17-12-16(8-11-20(17)15(3)27)21-14(2)26(25-24-21)19-7-5-6-18(22)9-10-19/h6-12,23H,4-5,13H2,1-3H3. The highest BCUT2D eigenvalue weighted by atomic mass is 19.1. The molecule has 0 atom stereocenters. The number of Topliss-reactive ketones (excluding diaryl/α,β-unsaturated/α-hetero) is 1. The molecule has 0 saturated heterocycles. The summed E-state index contributed by atoms with van der Waals surface area (Å²) in [7, 11) is 0. The van der Waals surface area contributed by atoms with Crippen LogP contribution in [0.2, 0.25) is 0 Å². The molecule has 6 heteroatoms. The number of hydrogen-bond acceptors (Lipinski definition) is 4. The van der Waals surface area contributed by atoms with Crippen molar-refractivity contribution in [2.24, 2.45) is 0 Å². The fourth-order valence-corrected chi connectivity index (χ4v) is 3.08. The van der Waals surface area contributed by atoms with Gasteiger partial charge in [-0.05, 0) is 56.7 Å². The molecule has 0 aliphatic heterocycles. The smallest absolute Gasteiger partial charge is 0.160 e. The molecule has 2 aromatic rings. The fraction of sp³-hybridized carbons (Fsp3) is 0.286. The number of hydrogen-bond donors (Lipinski definition) is 1. The maximum Gasteiger partial charge on any atom is 0.160 e. The number of rotatable bonds is 6. The van der Waals surface area contributed by atoms with E-state index in [1.807, 2.05) is 38.1 Å². The lowest BCUT2D eigenvalue weighted by Gasteiger charge is -2.10. The number of ketones is 1. The van der Waals surface area contributed by atoms with Crippen LogP contribution >= 0.6 is 0 Å². The molecular formula is C21H23FN4O. The van der Waals surface area contributed by atoms with Gasteiger partial charge in [0, 0.05) is 17.7 Å². The Bertz CT molecular complexity index is 953. The number of allylic oxidation sites excluding steroid dienone is 6. The summed E-state index contributed by atoms with van der Waals surface area (Å²) in [6.45, 7) is 6.97. The number of halogens is 1. The number of benzene rings is 1. The molecule has 0 spiro atoms. The van der Waals surface area contributed by atoms with Crippen LogP contribution in [0.4, 0.5) is 4.39 Å². The Hall–Kier alpha value is -2.86. The highest BCUT2D eigenvalue weighted by Gasteiger charge is 2.16. The minimum Gasteiger partial charge on any atom is -0.313 e. The number of nitrogens with zero attached hydrogens (tertiary/aromatic N) is 3. The summed E-state index contributed by atoms with van der Waals surface area (Å²) in [5.74, 6) is -0.217. The molecule has 1 N–H and O–H groups in total. The molecule has 140 valence electrons. The highest BCUT2D eigenvalue weighted by molar-refractivity contribution is 5.96. The average molecular weight is 366 g/mol. The van der Waals surface area contributed by atoms with E-state index in [4.69, 9.17) is 0 Å². The Kier molecular flexibility index (Phi) is 5.76. The summed E-state index contributed by atoms with van der Waals surface area (Å²) in [4.78, 5) is 11.9. The zero-order valence-corrected chi connectivity index (χ0v) is 15.8. The molecule has 1 aromatic heterocycles. The van der Waals surface area contributed by atoms with Gasteiger partial charge in [0.15, 0.2) is 5.78 Å². The van der Waals surface area contributed by atoms with Crippen molar-refractivity contribution < 1.29 is 9.18 Å². The van der Waals surface area contributed by atoms with Crippen molar-refractivity contribution in [1.82, 2.24) is 20.3 Å². The van der Waals surface area contributed by atoms with E-state index < -0.39 is 0 Å². The van der Waals surface area contributed by atoms with Gasteiger partial charge in [-0.15, -0.1) is 5.10 Å². The Morgan fingerprint density at radius 3 is 2.85 bits per heavy atom. The van der Waals surface area contributed by atoms with Gasteiger partial charge in [0.1, 0.15) is 11.5 Å². The summed E-state index contributed by atoms with van der Waals surface area (Å²) in [5.41, 5.74) is 4.94. The Labute approximate surface area is 158 Å². The Morgan fingerprint density at radius 2 is 2.11 bits per heavy atom. The van der Waals surface area contributed by atoms with Gasteiger partial charge in [-0.3, -0.25) is 4.79 Å². The van der Waals surface area contributed by atoms with Gasteiger partial charge in [-0.2, -0.15) is 0 Å². The van der Waals surface area contributed by atoms with Crippen LogP contribution in [0, 0.1) is 6.92 Å². The van der Waals surface area contributed by atoms with E-state index in [0.717, 1.165) is 34.8 Å². The van der Waals surface area contributed by atoms with E-state index >= 15 is 0 Å². The van der Waals surface area contributed by atoms with Crippen molar-refractivity contribution in [2.75, 3.05) is 6.54 Å². The zero-order chi connectivity index (χ0) is 19.4. The van der Waals surface area contributed by atoms with Crippen LogP contribution in [-0.2, 0) is 6.54 Å². The number of aromatic nitrogens is 3. The van der Waals surface area contributed by atoms with E-state index in [1.54, 1.807) is 17.7 Å². The second-order valence-electron chi connectivity index (χ2n) is 6.43. The molecule has 0 unspecified atom stereocenters. The Morgan fingerprint density at radius 1 is 1.30 bits per heavy atom. The van der Waals surface area contributed by atoms with E-state index in [2.05, 4.69) is 15.6 Å². The fourth-order valence-electron chi connectivity index (χ4n) is 3.08. The van der Waals surface area contributed by atoms with Gasteiger partial charge in [0.05, 0.1) is 11.4 Å². The first-order valence-corrected chi connectivity index (χ1v) is 9.02. The zero-order valence-electron chi connectivity index (χ0n) is 15.8. The average Bonchev–Trinajstić information content (AvgIpc) is 2.90. The van der Waals surface area contributed by atoms with Crippen LogP contribution in [0.5, 0.6) is 0 Å². The molecule has 1 aliphatic rings. The summed E-state index contributed by atoms with van der Waals surface area (Å²) in [6.07, 6.45) is 7.05. The van der Waals surface area contributed by atoms with Crippen LogP contribution in [0.25, 0.3) is 17.0 Å². The van der Waals surface area contributed by atoms with Gasteiger partial charge >= 0.3 is 0 Å². The molecule has 1 aromatic carbocycles. The quantitative estimate of drug-likeness (QED) is 0.778. The normalized spacial score (nSPS) is 13.9. The van der Waals surface area contributed by atoms with E-state index in [9.17, 15) is 9.18 Å². The van der Waals surface area contributed by atoms with Crippen molar-refractivity contribution in [2.45, 2.75) is 33.7 Å². The van der Waals surface area contributed by atoms with Crippen molar-refractivity contribution >= 4 is 11.5 Å². The van der Waals surface area contributed by atoms with Crippen LogP contribution in [0.3, 0.4) is 0 Å². The number of carbonyl (C=O) groups excluding carboxylic acids is 1. The van der Waals surface area contributed by atoms with Crippen molar-refractivity contribution in [1.29, 1.82) is 0 Å². The van der Waals surface area contributed by atoms with Crippen LogP contribution in [-0.4, -0.2) is 27.3 Å².